The van der Waals surface area contributed by atoms with Gasteiger partial charge < -0.3 is 10.6 Å². The maximum Gasteiger partial charge on any atom is 0.0139 e. The molecule has 1 aliphatic rings. The van der Waals surface area contributed by atoms with E-state index in [1.807, 2.05) is 0 Å². The van der Waals surface area contributed by atoms with Crippen LogP contribution in [0.5, 0.6) is 0 Å². The molecule has 1 fully saturated rings. The summed E-state index contributed by atoms with van der Waals surface area (Å²) in [6.45, 7) is 7.85. The highest BCUT2D eigenvalue weighted by Gasteiger charge is 2.13. The van der Waals surface area contributed by atoms with E-state index in [1.54, 1.807) is 0 Å². The van der Waals surface area contributed by atoms with Crippen molar-refractivity contribution in [3.63, 3.8) is 0 Å². The Morgan fingerprint density at radius 2 is 1.75 bits per heavy atom. The lowest BCUT2D eigenvalue weighted by Crippen LogP contribution is -2.47. The number of nitrogens with two attached hydrogens (primary N) is 1. The third-order valence-electron chi connectivity index (χ3n) is 2.14. The standard InChI is InChI=1S/C8H19N3.ClH/c1-8(9)7-11-5-3-10(2)4-6-11;/h8H,3-7,9H2,1-2H3;1H. The average Bonchev–Trinajstić information content (AvgIpc) is 1.93. The van der Waals surface area contributed by atoms with Crippen LogP contribution in [0.2, 0.25) is 0 Å². The largest absolute Gasteiger partial charge is 0.327 e. The minimum atomic E-state index is 0. The van der Waals surface area contributed by atoms with Gasteiger partial charge in [-0.3, -0.25) is 4.90 Å². The molecule has 1 saturated heterocycles. The fraction of sp³-hybridized carbons (Fsp3) is 1.00. The van der Waals surface area contributed by atoms with Crippen LogP contribution in [0.15, 0.2) is 0 Å². The molecule has 1 unspecified atom stereocenters. The monoisotopic (exact) mass is 193 g/mol. The summed E-state index contributed by atoms with van der Waals surface area (Å²) in [5.74, 6) is 0. The van der Waals surface area contributed by atoms with Gasteiger partial charge in [-0.2, -0.15) is 0 Å². The number of likely N-dealkylation sites (N-methyl/N-ethyl adjacent to an activating group) is 1. The van der Waals surface area contributed by atoms with E-state index in [-0.39, 0.29) is 12.4 Å². The van der Waals surface area contributed by atoms with Crippen molar-refractivity contribution in [1.29, 1.82) is 0 Å². The molecule has 1 rings (SSSR count). The quantitative estimate of drug-likeness (QED) is 0.671. The number of hydrogen-bond donors (Lipinski definition) is 1. The molecule has 4 heteroatoms. The first-order valence-corrected chi connectivity index (χ1v) is 4.35. The van der Waals surface area contributed by atoms with E-state index in [2.05, 4.69) is 23.8 Å². The summed E-state index contributed by atoms with van der Waals surface area (Å²) in [5, 5.41) is 0. The highest BCUT2D eigenvalue weighted by atomic mass is 35.5. The van der Waals surface area contributed by atoms with Crippen LogP contribution in [-0.4, -0.2) is 55.6 Å². The summed E-state index contributed by atoms with van der Waals surface area (Å²) in [6, 6.07) is 0.318. The zero-order chi connectivity index (χ0) is 8.27. The van der Waals surface area contributed by atoms with E-state index in [0.29, 0.717) is 6.04 Å². The molecule has 1 atom stereocenters. The molecule has 0 aromatic rings. The van der Waals surface area contributed by atoms with Crippen LogP contribution in [0.3, 0.4) is 0 Å². The second kappa shape index (κ2) is 5.75. The molecule has 0 aromatic carbocycles. The second-order valence-corrected chi connectivity index (χ2v) is 3.58. The molecule has 0 bridgehead atoms. The van der Waals surface area contributed by atoms with E-state index in [1.165, 1.54) is 26.2 Å². The summed E-state index contributed by atoms with van der Waals surface area (Å²) in [6.07, 6.45) is 0. The van der Waals surface area contributed by atoms with E-state index in [0.717, 1.165) is 6.54 Å². The highest BCUT2D eigenvalue weighted by molar-refractivity contribution is 5.85. The molecule has 0 radical (unpaired) electrons. The lowest BCUT2D eigenvalue weighted by Gasteiger charge is -2.33. The van der Waals surface area contributed by atoms with Crippen LogP contribution in [0.1, 0.15) is 6.92 Å². The van der Waals surface area contributed by atoms with E-state index in [9.17, 15) is 0 Å². The summed E-state index contributed by atoms with van der Waals surface area (Å²) >= 11 is 0. The molecule has 3 nitrogen and oxygen atoms in total. The Balaban J connectivity index is 0.00000121. The first kappa shape index (κ1) is 12.2. The third kappa shape index (κ3) is 4.26. The van der Waals surface area contributed by atoms with Crippen molar-refractivity contribution in [2.45, 2.75) is 13.0 Å². The molecule has 74 valence electrons. The molecule has 0 aliphatic carbocycles. The lowest BCUT2D eigenvalue weighted by molar-refractivity contribution is 0.149. The van der Waals surface area contributed by atoms with Crippen LogP contribution in [0.4, 0.5) is 0 Å². The van der Waals surface area contributed by atoms with Gasteiger partial charge in [0.15, 0.2) is 0 Å². The van der Waals surface area contributed by atoms with Crippen molar-refractivity contribution >= 4 is 12.4 Å². The van der Waals surface area contributed by atoms with Gasteiger partial charge >= 0.3 is 0 Å². The van der Waals surface area contributed by atoms with Gasteiger partial charge in [0.2, 0.25) is 0 Å². The predicted molar refractivity (Wildman–Crippen MR) is 54.8 cm³/mol. The van der Waals surface area contributed by atoms with Gasteiger partial charge in [0.05, 0.1) is 0 Å². The van der Waals surface area contributed by atoms with Crippen molar-refractivity contribution in [2.75, 3.05) is 39.8 Å². The Morgan fingerprint density at radius 1 is 1.25 bits per heavy atom. The summed E-state index contributed by atoms with van der Waals surface area (Å²) < 4.78 is 0. The topological polar surface area (TPSA) is 32.5 Å². The predicted octanol–water partition coefficient (Wildman–Crippen LogP) is 0.00280. The molecule has 0 amide bonds. The number of nitrogens with zero attached hydrogens (tertiary/aromatic N) is 2. The van der Waals surface area contributed by atoms with Crippen molar-refractivity contribution in [2.24, 2.45) is 5.73 Å². The fourth-order valence-corrected chi connectivity index (χ4v) is 1.44. The Morgan fingerprint density at radius 3 is 2.17 bits per heavy atom. The van der Waals surface area contributed by atoms with Crippen molar-refractivity contribution in [3.05, 3.63) is 0 Å². The molecule has 0 saturated carbocycles. The van der Waals surface area contributed by atoms with Gasteiger partial charge in [-0.05, 0) is 14.0 Å². The van der Waals surface area contributed by atoms with E-state index < -0.39 is 0 Å². The Labute approximate surface area is 81.3 Å². The molecule has 1 heterocycles. The Bertz CT molecular complexity index is 111. The van der Waals surface area contributed by atoms with Gasteiger partial charge in [-0.1, -0.05) is 0 Å². The van der Waals surface area contributed by atoms with Gasteiger partial charge in [0, 0.05) is 38.8 Å². The summed E-state index contributed by atoms with van der Waals surface area (Å²) in [5.41, 5.74) is 5.70. The average molecular weight is 194 g/mol. The molecule has 12 heavy (non-hydrogen) atoms. The zero-order valence-electron chi connectivity index (χ0n) is 7.99. The van der Waals surface area contributed by atoms with Gasteiger partial charge in [0.1, 0.15) is 0 Å². The number of piperazine rings is 1. The van der Waals surface area contributed by atoms with Crippen LogP contribution in [0.25, 0.3) is 0 Å². The molecule has 0 aromatic heterocycles. The van der Waals surface area contributed by atoms with E-state index >= 15 is 0 Å². The number of rotatable bonds is 2. The third-order valence-corrected chi connectivity index (χ3v) is 2.14. The van der Waals surface area contributed by atoms with E-state index in [4.69, 9.17) is 5.73 Å². The first-order valence-electron chi connectivity index (χ1n) is 4.35. The first-order chi connectivity index (χ1) is 5.18. The minimum absolute atomic E-state index is 0. The SMILES string of the molecule is CC(N)CN1CCN(C)CC1.Cl. The molecule has 2 N–H and O–H groups in total. The van der Waals surface area contributed by atoms with Crippen molar-refractivity contribution in [1.82, 2.24) is 9.80 Å². The lowest BCUT2D eigenvalue weighted by atomic mass is 10.3. The molecule has 1 aliphatic heterocycles. The number of halogens is 1. The van der Waals surface area contributed by atoms with Gasteiger partial charge in [-0.15, -0.1) is 12.4 Å². The van der Waals surface area contributed by atoms with Crippen molar-refractivity contribution in [3.8, 4) is 0 Å². The maximum atomic E-state index is 5.70. The molecule has 0 spiro atoms. The van der Waals surface area contributed by atoms with Gasteiger partial charge in [0.25, 0.3) is 0 Å². The molecular formula is C8H20ClN3. The van der Waals surface area contributed by atoms with Crippen molar-refractivity contribution < 1.29 is 0 Å². The highest BCUT2D eigenvalue weighted by Crippen LogP contribution is 1.98. The number of hydrogen-bond acceptors (Lipinski definition) is 3. The Kier molecular flexibility index (Phi) is 5.84. The smallest absolute Gasteiger partial charge is 0.0139 e. The summed E-state index contributed by atoms with van der Waals surface area (Å²) in [4.78, 5) is 4.79. The maximum absolute atomic E-state index is 5.70. The minimum Gasteiger partial charge on any atom is -0.327 e. The second-order valence-electron chi connectivity index (χ2n) is 3.58. The Hall–Kier alpha value is 0.170. The zero-order valence-corrected chi connectivity index (χ0v) is 8.81. The van der Waals surface area contributed by atoms with Crippen LogP contribution >= 0.6 is 12.4 Å². The fourth-order valence-electron chi connectivity index (χ4n) is 1.44. The molecular weight excluding hydrogens is 174 g/mol. The van der Waals surface area contributed by atoms with Crippen LogP contribution < -0.4 is 5.73 Å². The summed E-state index contributed by atoms with van der Waals surface area (Å²) in [7, 11) is 2.17. The van der Waals surface area contributed by atoms with Crippen LogP contribution in [0, 0.1) is 0 Å². The van der Waals surface area contributed by atoms with Gasteiger partial charge in [-0.25, -0.2) is 0 Å². The normalized spacial score (nSPS) is 23.2. The van der Waals surface area contributed by atoms with Crippen LogP contribution in [-0.2, 0) is 0 Å².